The van der Waals surface area contributed by atoms with Gasteiger partial charge in [-0.3, -0.25) is 0 Å². The van der Waals surface area contributed by atoms with E-state index in [-0.39, 0.29) is 18.2 Å². The molecule has 0 atom stereocenters. The Balaban J connectivity index is 1.58. The van der Waals surface area contributed by atoms with Crippen LogP contribution >= 0.6 is 0 Å². The van der Waals surface area contributed by atoms with E-state index in [9.17, 15) is 9.90 Å². The van der Waals surface area contributed by atoms with Crippen molar-refractivity contribution >= 4 is 22.6 Å². The van der Waals surface area contributed by atoms with Crippen molar-refractivity contribution in [3.63, 3.8) is 0 Å². The molecule has 0 bridgehead atoms. The fraction of sp³-hybridized carbons (Fsp3) is 0.400. The summed E-state index contributed by atoms with van der Waals surface area (Å²) in [5.41, 5.74) is 1.84. The first-order chi connectivity index (χ1) is 9.70. The number of amides is 2. The normalized spacial score (nSPS) is 22.6. The Morgan fingerprint density at radius 2 is 2.00 bits per heavy atom. The molecule has 0 unspecified atom stereocenters. The van der Waals surface area contributed by atoms with Crippen LogP contribution in [0.15, 0.2) is 30.5 Å². The highest BCUT2D eigenvalue weighted by Gasteiger charge is 2.20. The number of carbonyl (C=O) groups excluding carboxylic acids is 1. The van der Waals surface area contributed by atoms with E-state index in [0.717, 1.165) is 42.3 Å². The second kappa shape index (κ2) is 5.54. The van der Waals surface area contributed by atoms with E-state index in [0.29, 0.717) is 0 Å². The smallest absolute Gasteiger partial charge is 0.319 e. The minimum atomic E-state index is -0.202. The van der Waals surface area contributed by atoms with E-state index in [2.05, 4.69) is 15.6 Å². The first-order valence-corrected chi connectivity index (χ1v) is 7.03. The van der Waals surface area contributed by atoms with Gasteiger partial charge in [0.15, 0.2) is 0 Å². The third kappa shape index (κ3) is 2.93. The Hall–Kier alpha value is -2.01. The van der Waals surface area contributed by atoms with Gasteiger partial charge in [-0.1, -0.05) is 0 Å². The summed E-state index contributed by atoms with van der Waals surface area (Å²) in [4.78, 5) is 15.1. The summed E-state index contributed by atoms with van der Waals surface area (Å²) >= 11 is 0. The number of aliphatic hydroxyl groups excluding tert-OH is 1. The first kappa shape index (κ1) is 13.0. The number of hydrogen-bond acceptors (Lipinski definition) is 2. The third-order valence-corrected chi connectivity index (χ3v) is 3.84. The van der Waals surface area contributed by atoms with Crippen molar-refractivity contribution in [3.05, 3.63) is 30.5 Å². The second-order valence-electron chi connectivity index (χ2n) is 5.38. The molecule has 0 radical (unpaired) electrons. The summed E-state index contributed by atoms with van der Waals surface area (Å²) in [7, 11) is 0. The van der Waals surface area contributed by atoms with Crippen LogP contribution in [0.5, 0.6) is 0 Å². The first-order valence-electron chi connectivity index (χ1n) is 7.03. The number of anilines is 1. The number of H-pyrrole nitrogens is 1. The number of urea groups is 1. The maximum Gasteiger partial charge on any atom is 0.319 e. The maximum absolute atomic E-state index is 11.9. The van der Waals surface area contributed by atoms with Crippen molar-refractivity contribution in [2.75, 3.05) is 5.32 Å². The highest BCUT2D eigenvalue weighted by Crippen LogP contribution is 2.20. The van der Waals surface area contributed by atoms with Crippen molar-refractivity contribution in [3.8, 4) is 0 Å². The minimum absolute atomic E-state index is 0.161. The van der Waals surface area contributed by atoms with Gasteiger partial charge >= 0.3 is 6.03 Å². The van der Waals surface area contributed by atoms with Crippen molar-refractivity contribution in [2.24, 2.45) is 0 Å². The van der Waals surface area contributed by atoms with Gasteiger partial charge in [-0.2, -0.15) is 0 Å². The number of hydrogen-bond donors (Lipinski definition) is 4. The number of carbonyl (C=O) groups is 1. The Labute approximate surface area is 117 Å². The number of benzene rings is 1. The summed E-state index contributed by atoms with van der Waals surface area (Å²) in [6.07, 6.45) is 4.88. The molecule has 2 aromatic rings. The zero-order valence-electron chi connectivity index (χ0n) is 11.2. The minimum Gasteiger partial charge on any atom is -0.393 e. The lowest BCUT2D eigenvalue weighted by Crippen LogP contribution is -2.40. The predicted molar refractivity (Wildman–Crippen MR) is 78.7 cm³/mol. The van der Waals surface area contributed by atoms with Gasteiger partial charge in [0.25, 0.3) is 0 Å². The molecule has 106 valence electrons. The van der Waals surface area contributed by atoms with Crippen LogP contribution in [0, 0.1) is 0 Å². The summed E-state index contributed by atoms with van der Waals surface area (Å²) in [5.74, 6) is 0. The molecule has 1 heterocycles. The molecule has 0 aliphatic heterocycles. The molecule has 20 heavy (non-hydrogen) atoms. The van der Waals surface area contributed by atoms with Crippen LogP contribution in [-0.2, 0) is 0 Å². The molecular weight excluding hydrogens is 254 g/mol. The fourth-order valence-electron chi connectivity index (χ4n) is 2.70. The van der Waals surface area contributed by atoms with E-state index in [1.54, 1.807) is 0 Å². The molecule has 0 saturated heterocycles. The summed E-state index contributed by atoms with van der Waals surface area (Å²) in [6, 6.07) is 7.72. The van der Waals surface area contributed by atoms with Gasteiger partial charge in [-0.05, 0) is 49.9 Å². The summed E-state index contributed by atoms with van der Waals surface area (Å²) in [5, 5.41) is 16.3. The van der Waals surface area contributed by atoms with Crippen LogP contribution in [0.1, 0.15) is 25.7 Å². The maximum atomic E-state index is 11.9. The molecule has 1 aromatic carbocycles. The Bertz CT molecular complexity index is 600. The Kier molecular flexibility index (Phi) is 3.60. The lowest BCUT2D eigenvalue weighted by atomic mass is 9.93. The monoisotopic (exact) mass is 273 g/mol. The molecule has 2 amide bonds. The molecule has 5 heteroatoms. The lowest BCUT2D eigenvalue weighted by Gasteiger charge is -2.26. The zero-order chi connectivity index (χ0) is 13.9. The van der Waals surface area contributed by atoms with Gasteiger partial charge in [0.05, 0.1) is 6.10 Å². The van der Waals surface area contributed by atoms with Crippen LogP contribution in [0.2, 0.25) is 0 Å². The number of aliphatic hydroxyl groups is 1. The highest BCUT2D eigenvalue weighted by atomic mass is 16.3. The highest BCUT2D eigenvalue weighted by molar-refractivity contribution is 5.92. The molecule has 3 rings (SSSR count). The topological polar surface area (TPSA) is 77.2 Å². The molecule has 1 fully saturated rings. The van der Waals surface area contributed by atoms with Gasteiger partial charge in [-0.25, -0.2) is 4.79 Å². The van der Waals surface area contributed by atoms with E-state index in [1.807, 2.05) is 30.5 Å². The van der Waals surface area contributed by atoms with Crippen LogP contribution in [-0.4, -0.2) is 28.3 Å². The molecule has 5 nitrogen and oxygen atoms in total. The van der Waals surface area contributed by atoms with Crippen LogP contribution in [0.4, 0.5) is 10.5 Å². The van der Waals surface area contributed by atoms with Crippen molar-refractivity contribution < 1.29 is 9.90 Å². The van der Waals surface area contributed by atoms with Gasteiger partial charge < -0.3 is 20.7 Å². The molecule has 1 aliphatic rings. The van der Waals surface area contributed by atoms with Gasteiger partial charge in [0.2, 0.25) is 0 Å². The van der Waals surface area contributed by atoms with Gasteiger partial charge in [0, 0.05) is 28.8 Å². The average molecular weight is 273 g/mol. The number of aromatic nitrogens is 1. The molecule has 0 spiro atoms. The summed E-state index contributed by atoms with van der Waals surface area (Å²) in [6.45, 7) is 0. The zero-order valence-corrected chi connectivity index (χ0v) is 11.2. The van der Waals surface area contributed by atoms with E-state index in [1.165, 1.54) is 0 Å². The van der Waals surface area contributed by atoms with E-state index in [4.69, 9.17) is 0 Å². The Morgan fingerprint density at radius 3 is 2.80 bits per heavy atom. The van der Waals surface area contributed by atoms with Crippen LogP contribution in [0.25, 0.3) is 10.9 Å². The van der Waals surface area contributed by atoms with Crippen LogP contribution in [0.3, 0.4) is 0 Å². The molecular formula is C15H19N3O2. The molecule has 1 saturated carbocycles. The predicted octanol–water partition coefficient (Wildman–Crippen LogP) is 2.59. The quantitative estimate of drug-likeness (QED) is 0.678. The third-order valence-electron chi connectivity index (χ3n) is 3.84. The van der Waals surface area contributed by atoms with Crippen molar-refractivity contribution in [1.82, 2.24) is 10.3 Å². The number of aromatic amines is 1. The second-order valence-corrected chi connectivity index (χ2v) is 5.38. The van der Waals surface area contributed by atoms with Crippen LogP contribution < -0.4 is 10.6 Å². The van der Waals surface area contributed by atoms with Crippen molar-refractivity contribution in [1.29, 1.82) is 0 Å². The van der Waals surface area contributed by atoms with Crippen molar-refractivity contribution in [2.45, 2.75) is 37.8 Å². The number of nitrogens with one attached hydrogen (secondary N) is 3. The van der Waals surface area contributed by atoms with E-state index < -0.39 is 0 Å². The van der Waals surface area contributed by atoms with Gasteiger partial charge in [-0.15, -0.1) is 0 Å². The van der Waals surface area contributed by atoms with Gasteiger partial charge in [0.1, 0.15) is 0 Å². The SMILES string of the molecule is O=C(Nc1ccc2[nH]ccc2c1)NC1CCC(O)CC1. The van der Waals surface area contributed by atoms with E-state index >= 15 is 0 Å². The largest absolute Gasteiger partial charge is 0.393 e. The average Bonchev–Trinajstić information content (AvgIpc) is 2.89. The number of rotatable bonds is 2. The Morgan fingerprint density at radius 1 is 1.20 bits per heavy atom. The summed E-state index contributed by atoms with van der Waals surface area (Å²) < 4.78 is 0. The fourth-order valence-corrected chi connectivity index (χ4v) is 2.70. The lowest BCUT2D eigenvalue weighted by molar-refractivity contribution is 0.118. The molecule has 1 aromatic heterocycles. The number of fused-ring (bicyclic) bond motifs is 1. The standard InChI is InChI=1S/C15H19N3O2/c19-13-4-1-11(2-5-13)17-15(20)18-12-3-6-14-10(9-12)7-8-16-14/h3,6-9,11,13,16,19H,1-2,4-5H2,(H2,17,18,20). The molecule has 4 N–H and O–H groups in total. The molecule has 1 aliphatic carbocycles.